The molecular weight excluding hydrogens is 232 g/mol. The van der Waals surface area contributed by atoms with Gasteiger partial charge >= 0.3 is 5.97 Å². The maximum Gasteiger partial charge on any atom is 0.332 e. The number of rotatable bonds is 8. The lowest BCUT2D eigenvalue weighted by molar-refractivity contribution is -0.148. The Bertz CT molecular complexity index is 363. The van der Waals surface area contributed by atoms with E-state index in [9.17, 15) is 4.79 Å². The van der Waals surface area contributed by atoms with Crippen LogP contribution in [0.2, 0.25) is 0 Å². The van der Waals surface area contributed by atoms with E-state index in [0.29, 0.717) is 13.2 Å². The lowest BCUT2D eigenvalue weighted by Gasteiger charge is -2.06. The van der Waals surface area contributed by atoms with Crippen molar-refractivity contribution in [2.75, 3.05) is 19.8 Å². The summed E-state index contributed by atoms with van der Waals surface area (Å²) < 4.78 is 10.0. The number of carbonyl (C=O) groups is 1. The van der Waals surface area contributed by atoms with Gasteiger partial charge in [0.2, 0.25) is 0 Å². The van der Waals surface area contributed by atoms with Crippen molar-refractivity contribution in [1.82, 2.24) is 0 Å². The third kappa shape index (κ3) is 5.80. The molecule has 0 aliphatic carbocycles. The molecule has 0 fully saturated rings. The molecule has 0 spiro atoms. The normalized spacial score (nSPS) is 10.3. The summed E-state index contributed by atoms with van der Waals surface area (Å²) in [5.74, 6) is -0.339. The Kier molecular flexibility index (Phi) is 7.06. The van der Waals surface area contributed by atoms with Gasteiger partial charge in [0.15, 0.2) is 0 Å². The highest BCUT2D eigenvalue weighted by molar-refractivity contribution is 5.70. The van der Waals surface area contributed by atoms with E-state index in [2.05, 4.69) is 0 Å². The first-order valence-corrected chi connectivity index (χ1v) is 6.18. The molecule has 1 N–H and O–H groups in total. The first-order chi connectivity index (χ1) is 8.76. The average Bonchev–Trinajstić information content (AvgIpc) is 2.37. The highest BCUT2D eigenvalue weighted by Crippen LogP contribution is 2.08. The molecule has 0 saturated heterocycles. The zero-order valence-corrected chi connectivity index (χ0v) is 10.7. The Hall–Kier alpha value is -1.39. The van der Waals surface area contributed by atoms with Crippen LogP contribution in [0.3, 0.4) is 0 Å². The third-order valence-corrected chi connectivity index (χ3v) is 2.41. The molecule has 1 aromatic rings. The van der Waals surface area contributed by atoms with Crippen molar-refractivity contribution in [3.05, 3.63) is 35.4 Å². The molecule has 100 valence electrons. The van der Waals surface area contributed by atoms with Crippen LogP contribution in [-0.4, -0.2) is 30.9 Å². The van der Waals surface area contributed by atoms with E-state index in [1.165, 1.54) is 5.56 Å². The maximum absolute atomic E-state index is 11.1. The van der Waals surface area contributed by atoms with Gasteiger partial charge in [-0.3, -0.25) is 0 Å². The number of carbonyl (C=O) groups excluding carboxylic acids is 1. The van der Waals surface area contributed by atoms with E-state index in [1.54, 1.807) is 6.92 Å². The summed E-state index contributed by atoms with van der Waals surface area (Å²) in [5.41, 5.74) is 2.19. The molecule has 0 bridgehead atoms. The second-order valence-electron chi connectivity index (χ2n) is 3.94. The number of aryl methyl sites for hydroxylation is 1. The van der Waals surface area contributed by atoms with Crippen LogP contribution >= 0.6 is 0 Å². The molecule has 0 aliphatic heterocycles. The van der Waals surface area contributed by atoms with Crippen molar-refractivity contribution >= 4 is 5.97 Å². The highest BCUT2D eigenvalue weighted by atomic mass is 16.6. The van der Waals surface area contributed by atoms with Gasteiger partial charge in [-0.25, -0.2) is 4.79 Å². The van der Waals surface area contributed by atoms with E-state index in [4.69, 9.17) is 14.6 Å². The zero-order chi connectivity index (χ0) is 13.2. The quantitative estimate of drug-likeness (QED) is 0.715. The van der Waals surface area contributed by atoms with Crippen molar-refractivity contribution in [3.8, 4) is 0 Å². The SMILES string of the molecule is CCOC(=O)COCc1cccc(CCCO)c1. The summed E-state index contributed by atoms with van der Waals surface area (Å²) in [5, 5.41) is 8.77. The number of aliphatic hydroxyl groups is 1. The highest BCUT2D eigenvalue weighted by Gasteiger charge is 2.02. The van der Waals surface area contributed by atoms with Gasteiger partial charge in [-0.15, -0.1) is 0 Å². The molecule has 18 heavy (non-hydrogen) atoms. The fourth-order valence-corrected chi connectivity index (χ4v) is 1.61. The maximum atomic E-state index is 11.1. The number of aliphatic hydroxyl groups excluding tert-OH is 1. The van der Waals surface area contributed by atoms with E-state index in [-0.39, 0.29) is 19.2 Å². The smallest absolute Gasteiger partial charge is 0.332 e. The minimum absolute atomic E-state index is 0.0191. The topological polar surface area (TPSA) is 55.8 Å². The number of esters is 1. The molecule has 0 saturated carbocycles. The summed E-state index contributed by atoms with van der Waals surface area (Å²) >= 11 is 0. The lowest BCUT2D eigenvalue weighted by Crippen LogP contribution is -2.12. The summed E-state index contributed by atoms with van der Waals surface area (Å²) in [7, 11) is 0. The van der Waals surface area contributed by atoms with Crippen LogP contribution in [0, 0.1) is 0 Å². The summed E-state index contributed by atoms with van der Waals surface area (Å²) in [4.78, 5) is 11.1. The van der Waals surface area contributed by atoms with Gasteiger partial charge in [0, 0.05) is 6.61 Å². The van der Waals surface area contributed by atoms with Gasteiger partial charge in [-0.1, -0.05) is 24.3 Å². The fraction of sp³-hybridized carbons (Fsp3) is 0.500. The molecule has 1 rings (SSSR count). The van der Waals surface area contributed by atoms with Crippen molar-refractivity contribution in [3.63, 3.8) is 0 Å². The molecule has 0 atom stereocenters. The summed E-state index contributed by atoms with van der Waals surface area (Å²) in [6.45, 7) is 2.71. The van der Waals surface area contributed by atoms with E-state index in [1.807, 2.05) is 24.3 Å². The Morgan fingerprint density at radius 1 is 1.33 bits per heavy atom. The van der Waals surface area contributed by atoms with Gasteiger partial charge in [0.1, 0.15) is 6.61 Å². The van der Waals surface area contributed by atoms with Crippen LogP contribution in [0.15, 0.2) is 24.3 Å². The minimum atomic E-state index is -0.339. The molecule has 0 aliphatic rings. The lowest BCUT2D eigenvalue weighted by atomic mass is 10.1. The molecule has 0 aromatic heterocycles. The number of benzene rings is 1. The van der Waals surface area contributed by atoms with Crippen molar-refractivity contribution in [2.45, 2.75) is 26.4 Å². The van der Waals surface area contributed by atoms with Gasteiger partial charge in [0.05, 0.1) is 13.2 Å². The summed E-state index contributed by atoms with van der Waals surface area (Å²) in [6, 6.07) is 7.95. The number of ether oxygens (including phenoxy) is 2. The van der Waals surface area contributed by atoms with Crippen LogP contribution in [0.4, 0.5) is 0 Å². The van der Waals surface area contributed by atoms with Gasteiger partial charge in [-0.2, -0.15) is 0 Å². The second kappa shape index (κ2) is 8.66. The van der Waals surface area contributed by atoms with Crippen molar-refractivity contribution in [1.29, 1.82) is 0 Å². The third-order valence-electron chi connectivity index (χ3n) is 2.41. The molecule has 0 unspecified atom stereocenters. The average molecular weight is 252 g/mol. The van der Waals surface area contributed by atoms with E-state index in [0.717, 1.165) is 18.4 Å². The molecule has 4 heteroatoms. The first kappa shape index (κ1) is 14.7. The summed E-state index contributed by atoms with van der Waals surface area (Å²) in [6.07, 6.45) is 1.61. The van der Waals surface area contributed by atoms with Crippen molar-refractivity contribution < 1.29 is 19.4 Å². The first-order valence-electron chi connectivity index (χ1n) is 6.18. The predicted molar refractivity (Wildman–Crippen MR) is 68.1 cm³/mol. The van der Waals surface area contributed by atoms with Crippen LogP contribution in [0.5, 0.6) is 0 Å². The van der Waals surface area contributed by atoms with E-state index >= 15 is 0 Å². The Morgan fingerprint density at radius 3 is 2.83 bits per heavy atom. The second-order valence-corrected chi connectivity index (χ2v) is 3.94. The predicted octanol–water partition coefficient (Wildman–Crippen LogP) is 1.69. The number of hydrogen-bond acceptors (Lipinski definition) is 4. The zero-order valence-electron chi connectivity index (χ0n) is 10.7. The Labute approximate surface area is 108 Å². The Balaban J connectivity index is 2.35. The van der Waals surface area contributed by atoms with E-state index < -0.39 is 0 Å². The molecule has 1 aromatic carbocycles. The molecular formula is C14H20O4. The molecule has 0 radical (unpaired) electrons. The molecule has 0 amide bonds. The van der Waals surface area contributed by atoms with Crippen LogP contribution in [0.1, 0.15) is 24.5 Å². The number of hydrogen-bond donors (Lipinski definition) is 1. The van der Waals surface area contributed by atoms with Crippen LogP contribution in [-0.2, 0) is 27.3 Å². The molecule has 0 heterocycles. The van der Waals surface area contributed by atoms with Crippen LogP contribution < -0.4 is 0 Å². The van der Waals surface area contributed by atoms with Crippen molar-refractivity contribution in [2.24, 2.45) is 0 Å². The van der Waals surface area contributed by atoms with Gasteiger partial charge in [0.25, 0.3) is 0 Å². The Morgan fingerprint density at radius 2 is 2.11 bits per heavy atom. The van der Waals surface area contributed by atoms with Crippen LogP contribution in [0.25, 0.3) is 0 Å². The largest absolute Gasteiger partial charge is 0.464 e. The van der Waals surface area contributed by atoms with Gasteiger partial charge in [-0.05, 0) is 30.9 Å². The fourth-order valence-electron chi connectivity index (χ4n) is 1.61. The standard InChI is InChI=1S/C14H20O4/c1-2-18-14(16)11-17-10-13-6-3-5-12(9-13)7-4-8-15/h3,5-6,9,15H,2,4,7-8,10-11H2,1H3. The minimum Gasteiger partial charge on any atom is -0.464 e. The monoisotopic (exact) mass is 252 g/mol. The molecule has 4 nitrogen and oxygen atoms in total. The van der Waals surface area contributed by atoms with Gasteiger partial charge < -0.3 is 14.6 Å².